The second-order valence-corrected chi connectivity index (χ2v) is 30.0. The van der Waals surface area contributed by atoms with Crippen LogP contribution in [0.4, 0.5) is 0 Å². The maximum atomic E-state index is 14.9. The summed E-state index contributed by atoms with van der Waals surface area (Å²) in [5.41, 5.74) is 5.69. The van der Waals surface area contributed by atoms with Crippen LogP contribution in [0.15, 0.2) is 78.9 Å². The number of nitrogens with zero attached hydrogens (tertiary/aromatic N) is 1. The molecule has 3 aliphatic rings. The summed E-state index contributed by atoms with van der Waals surface area (Å²) >= 11 is 0. The minimum absolute atomic E-state index is 0.00644. The van der Waals surface area contributed by atoms with Gasteiger partial charge in [-0.2, -0.15) is 0 Å². The van der Waals surface area contributed by atoms with Gasteiger partial charge in [0.1, 0.15) is 46.8 Å². The molecule has 4 atom stereocenters. The quantitative estimate of drug-likeness (QED) is 0.0242. The van der Waals surface area contributed by atoms with Crippen molar-refractivity contribution in [2.75, 3.05) is 100.0 Å². The number of benzene rings is 4. The standard InChI is InChI=1S/C85H129N3O14/c1-63(2)25-22-26-64(3)27-23-28-65(4)29-24-48-84(8)49-44-76-68(7)81(66(5)67(6)82(76)102-84)99-60-59-98-58-57-97-56-55-96-54-53-95-52-47-79(90)87-77(62-101-85(70-30-18-17-19-31-70,71-34-38-74(93-9)39-35-71)72-36-40-75(94-10)41-37-72)83(92)88-50-45-69(46-51-88)61-100-80(91)43-42-78(89)86-73-32-20-15-13-11-12-14-16-21-33-73/h17-19,30-31,34-41,63-65,69,73,77H,11-16,20-29,32-33,42-62H2,1-10H3,(H,86,89)(H,87,90)/t64-,65-,77+,84-/m1/s1. The highest BCUT2D eigenvalue weighted by Gasteiger charge is 2.41. The highest BCUT2D eigenvalue weighted by atomic mass is 16.6. The highest BCUT2D eigenvalue weighted by molar-refractivity contribution is 5.88. The molecule has 17 nitrogen and oxygen atoms in total. The number of fused-ring (bicyclic) bond motifs is 1. The van der Waals surface area contributed by atoms with Gasteiger partial charge in [-0.1, -0.05) is 179 Å². The zero-order valence-corrected chi connectivity index (χ0v) is 64.2. The lowest BCUT2D eigenvalue weighted by molar-refractivity contribution is -0.148. The van der Waals surface area contributed by atoms with Gasteiger partial charge in [-0.25, -0.2) is 0 Å². The number of nitrogens with one attached hydrogen (secondary N) is 2. The summed E-state index contributed by atoms with van der Waals surface area (Å²) in [7, 11) is 3.23. The minimum atomic E-state index is -1.25. The van der Waals surface area contributed by atoms with Crippen LogP contribution >= 0.6 is 0 Å². The van der Waals surface area contributed by atoms with Gasteiger partial charge in [0.25, 0.3) is 0 Å². The first-order chi connectivity index (χ1) is 49.4. The van der Waals surface area contributed by atoms with E-state index in [1.54, 1.807) is 19.1 Å². The van der Waals surface area contributed by atoms with Gasteiger partial charge < -0.3 is 62.9 Å². The molecule has 2 fully saturated rings. The summed E-state index contributed by atoms with van der Waals surface area (Å²) in [5, 5.41) is 6.23. The zero-order chi connectivity index (χ0) is 73.0. The number of hydrogen-bond donors (Lipinski definition) is 2. The molecule has 2 heterocycles. The van der Waals surface area contributed by atoms with Gasteiger partial charge in [0.05, 0.1) is 86.7 Å². The van der Waals surface area contributed by atoms with Crippen LogP contribution in [0.2, 0.25) is 0 Å². The van der Waals surface area contributed by atoms with Crippen LogP contribution in [0.5, 0.6) is 23.0 Å². The number of piperidine rings is 1. The number of rotatable bonds is 44. The Hall–Kier alpha value is -6.24. The molecular weight excluding hydrogens is 1290 g/mol. The molecule has 17 heteroatoms. The first kappa shape index (κ1) is 83.0. The van der Waals surface area contributed by atoms with E-state index in [0.717, 1.165) is 96.5 Å². The SMILES string of the molecule is COc1ccc(C(OC[C@H](NC(=O)CCOCCOCCOCCOCCOc2c(C)c(C)c3c(c2C)CC[C@@](C)(CCC[C@H](C)CCC[C@H](C)CCCC(C)C)O3)C(=O)N2CCC(COC(=O)CCC(=O)NC3CCCCCCCCCC3)CC2)(c2ccccc2)c2ccc(OC)cc2)cc1. The number of ether oxygens (including phenoxy) is 10. The molecule has 1 saturated heterocycles. The van der Waals surface area contributed by atoms with Gasteiger partial charge in [0.2, 0.25) is 17.7 Å². The molecular formula is C85H129N3O14. The van der Waals surface area contributed by atoms with Crippen molar-refractivity contribution < 1.29 is 66.5 Å². The molecule has 568 valence electrons. The molecule has 3 amide bonds. The van der Waals surface area contributed by atoms with Crippen LogP contribution in [-0.2, 0) is 59.6 Å². The van der Waals surface area contributed by atoms with Gasteiger partial charge >= 0.3 is 5.97 Å². The van der Waals surface area contributed by atoms with Crippen LogP contribution in [-0.4, -0.2) is 146 Å². The van der Waals surface area contributed by atoms with E-state index >= 15 is 0 Å². The minimum Gasteiger partial charge on any atom is -0.497 e. The predicted molar refractivity (Wildman–Crippen MR) is 404 cm³/mol. The number of amides is 3. The van der Waals surface area contributed by atoms with Crippen molar-refractivity contribution in [1.29, 1.82) is 0 Å². The molecule has 0 radical (unpaired) electrons. The molecule has 1 aliphatic carbocycles. The molecule has 4 aromatic carbocycles. The summed E-state index contributed by atoms with van der Waals surface area (Å²) in [4.78, 5) is 56.6. The van der Waals surface area contributed by atoms with Gasteiger partial charge in [0.15, 0.2) is 0 Å². The summed E-state index contributed by atoms with van der Waals surface area (Å²) < 4.78 is 60.7. The first-order valence-electron chi connectivity index (χ1n) is 39.2. The Morgan fingerprint density at radius 1 is 0.578 bits per heavy atom. The highest BCUT2D eigenvalue weighted by Crippen LogP contribution is 2.46. The molecule has 0 unspecified atom stereocenters. The first-order valence-corrected chi connectivity index (χ1v) is 39.2. The fraction of sp³-hybridized carbons (Fsp3) is 0.671. The number of esters is 1. The Kier molecular flexibility index (Phi) is 36.8. The molecule has 102 heavy (non-hydrogen) atoms. The monoisotopic (exact) mass is 1420 g/mol. The molecule has 7 rings (SSSR count). The Balaban J connectivity index is 0.822. The largest absolute Gasteiger partial charge is 0.497 e. The fourth-order valence-electron chi connectivity index (χ4n) is 14.8. The lowest BCUT2D eigenvalue weighted by atomic mass is 9.80. The number of carbonyl (C=O) groups is 4. The third kappa shape index (κ3) is 27.7. The smallest absolute Gasteiger partial charge is 0.306 e. The van der Waals surface area contributed by atoms with E-state index in [0.29, 0.717) is 83.7 Å². The van der Waals surface area contributed by atoms with E-state index in [1.807, 2.05) is 78.9 Å². The zero-order valence-electron chi connectivity index (χ0n) is 64.2. The van der Waals surface area contributed by atoms with E-state index < -0.39 is 17.6 Å². The number of carbonyl (C=O) groups excluding carboxylic acids is 4. The number of methoxy groups -OCH3 is 2. The second-order valence-electron chi connectivity index (χ2n) is 30.0. The lowest BCUT2D eigenvalue weighted by Crippen LogP contribution is -2.54. The Morgan fingerprint density at radius 2 is 1.10 bits per heavy atom. The van der Waals surface area contributed by atoms with Crippen molar-refractivity contribution in [2.45, 2.75) is 246 Å². The second kappa shape index (κ2) is 45.2. The average molecular weight is 1420 g/mol. The van der Waals surface area contributed by atoms with E-state index in [9.17, 15) is 19.2 Å². The van der Waals surface area contributed by atoms with Crippen LogP contribution in [0.25, 0.3) is 0 Å². The van der Waals surface area contributed by atoms with Gasteiger partial charge in [-0.05, 0) is 160 Å². The molecule has 2 N–H and O–H groups in total. The summed E-state index contributed by atoms with van der Waals surface area (Å²) in [6, 6.07) is 24.2. The molecule has 4 aromatic rings. The van der Waals surface area contributed by atoms with Gasteiger partial charge in [-0.3, -0.25) is 19.2 Å². The van der Waals surface area contributed by atoms with E-state index in [2.05, 4.69) is 66.0 Å². The van der Waals surface area contributed by atoms with Crippen LogP contribution in [0, 0.1) is 44.4 Å². The van der Waals surface area contributed by atoms with Crippen molar-refractivity contribution in [2.24, 2.45) is 23.7 Å². The third-order valence-corrected chi connectivity index (χ3v) is 21.4. The molecule has 0 spiro atoms. The van der Waals surface area contributed by atoms with E-state index in [4.69, 9.17) is 47.4 Å². The summed E-state index contributed by atoms with van der Waals surface area (Å²) in [6.45, 7) is 22.3. The number of likely N-dealkylation sites (tertiary alicyclic amines) is 1. The van der Waals surface area contributed by atoms with E-state index in [-0.39, 0.29) is 81.0 Å². The lowest BCUT2D eigenvalue weighted by Gasteiger charge is -2.38. The fourth-order valence-corrected chi connectivity index (χ4v) is 14.8. The summed E-state index contributed by atoms with van der Waals surface area (Å²) in [6.07, 6.45) is 26.6. The van der Waals surface area contributed by atoms with Gasteiger partial charge in [0, 0.05) is 37.5 Å². The topological polar surface area (TPSA) is 188 Å². The molecule has 0 bridgehead atoms. The van der Waals surface area contributed by atoms with Crippen molar-refractivity contribution in [1.82, 2.24) is 15.5 Å². The maximum absolute atomic E-state index is 14.9. The van der Waals surface area contributed by atoms with Crippen molar-refractivity contribution in [3.63, 3.8) is 0 Å². The summed E-state index contributed by atoms with van der Waals surface area (Å²) in [5.74, 6) is 4.58. The Bertz CT molecular complexity index is 3000. The van der Waals surface area contributed by atoms with Crippen molar-refractivity contribution >= 4 is 23.7 Å². The van der Waals surface area contributed by atoms with Crippen molar-refractivity contribution in [3.8, 4) is 23.0 Å². The van der Waals surface area contributed by atoms with Crippen molar-refractivity contribution in [3.05, 3.63) is 118 Å². The average Bonchev–Trinajstić information content (AvgIpc) is 0.763. The van der Waals surface area contributed by atoms with E-state index in [1.165, 1.54) is 107 Å². The van der Waals surface area contributed by atoms with Crippen LogP contribution < -0.4 is 29.6 Å². The Morgan fingerprint density at radius 3 is 1.66 bits per heavy atom. The molecule has 1 saturated carbocycles. The van der Waals surface area contributed by atoms with Gasteiger partial charge in [-0.15, -0.1) is 0 Å². The molecule has 0 aromatic heterocycles. The normalized spacial score (nSPS) is 17.3. The maximum Gasteiger partial charge on any atom is 0.306 e. The van der Waals surface area contributed by atoms with Crippen LogP contribution in [0.1, 0.15) is 234 Å². The predicted octanol–water partition coefficient (Wildman–Crippen LogP) is 16.4. The third-order valence-electron chi connectivity index (χ3n) is 21.4. The molecule has 2 aliphatic heterocycles. The van der Waals surface area contributed by atoms with Crippen LogP contribution in [0.3, 0.4) is 0 Å². The Labute approximate surface area is 612 Å². The number of hydrogen-bond acceptors (Lipinski definition) is 14.